The summed E-state index contributed by atoms with van der Waals surface area (Å²) in [5.74, 6) is 0.493. The number of nitrogens with one attached hydrogen (secondary N) is 3. The number of hydrogen-bond acceptors (Lipinski definition) is 7. The van der Waals surface area contributed by atoms with Gasteiger partial charge in [0.15, 0.2) is 9.84 Å². The lowest BCUT2D eigenvalue weighted by molar-refractivity contribution is -0.133. The van der Waals surface area contributed by atoms with E-state index in [1.54, 1.807) is 13.8 Å². The van der Waals surface area contributed by atoms with E-state index in [1.165, 1.54) is 12.8 Å². The third-order valence-electron chi connectivity index (χ3n) is 9.14. The summed E-state index contributed by atoms with van der Waals surface area (Å²) < 4.78 is 23.9. The molecule has 2 aliphatic rings. The molecule has 1 heterocycles. The molecule has 42 heavy (non-hydrogen) atoms. The van der Waals surface area contributed by atoms with Crippen molar-refractivity contribution in [3.63, 3.8) is 0 Å². The zero-order chi connectivity index (χ0) is 31.3. The number of hydrogen-bond donors (Lipinski definition) is 4. The number of likely N-dealkylation sites (tertiary alicyclic amines) is 1. The summed E-state index contributed by atoms with van der Waals surface area (Å²) >= 11 is 0. The molecule has 1 saturated heterocycles. The fraction of sp³-hybridized carbons (Fsp3) is 0.750. The first-order valence-corrected chi connectivity index (χ1v) is 17.4. The van der Waals surface area contributed by atoms with Crippen LogP contribution < -0.4 is 16.0 Å². The van der Waals surface area contributed by atoms with Gasteiger partial charge < -0.3 is 21.1 Å². The minimum Gasteiger partial charge on any atom is -0.390 e. The maximum atomic E-state index is 13.7. The Kier molecular flexibility index (Phi) is 11.6. The molecular formula is C32H54N4O5S. The van der Waals surface area contributed by atoms with Crippen LogP contribution in [0.3, 0.4) is 0 Å². The second-order valence-corrected chi connectivity index (χ2v) is 16.6. The highest BCUT2D eigenvalue weighted by molar-refractivity contribution is 7.92. The van der Waals surface area contributed by atoms with Crippen molar-refractivity contribution < 1.29 is 23.1 Å². The minimum atomic E-state index is -3.59. The number of carbonyl (C=O) groups is 2. The van der Waals surface area contributed by atoms with E-state index in [9.17, 15) is 23.1 Å². The molecule has 1 aliphatic carbocycles. The molecule has 0 radical (unpaired) electrons. The first-order valence-electron chi connectivity index (χ1n) is 15.5. The largest absolute Gasteiger partial charge is 0.390 e. The van der Waals surface area contributed by atoms with Crippen LogP contribution in [0, 0.1) is 11.8 Å². The summed E-state index contributed by atoms with van der Waals surface area (Å²) in [6.45, 7) is 12.2. The van der Waals surface area contributed by atoms with E-state index >= 15 is 0 Å². The minimum absolute atomic E-state index is 0.0236. The number of piperidine rings is 1. The van der Waals surface area contributed by atoms with Crippen LogP contribution in [0.1, 0.15) is 79.2 Å². The summed E-state index contributed by atoms with van der Waals surface area (Å²) in [5.41, 5.74) is 0.569. The third kappa shape index (κ3) is 9.00. The molecule has 3 rings (SSSR count). The Bertz CT molecular complexity index is 1150. The average Bonchev–Trinajstić information content (AvgIpc) is 2.89. The summed E-state index contributed by atoms with van der Waals surface area (Å²) in [7, 11) is -3.59. The second kappa shape index (κ2) is 14.2. The van der Waals surface area contributed by atoms with E-state index in [4.69, 9.17) is 0 Å². The Hall–Kier alpha value is -2.01. The molecule has 0 bridgehead atoms. The van der Waals surface area contributed by atoms with Gasteiger partial charge in [0.2, 0.25) is 11.8 Å². The number of nitrogens with zero attached hydrogens (tertiary/aromatic N) is 1. The van der Waals surface area contributed by atoms with Crippen LogP contribution in [0.2, 0.25) is 0 Å². The number of amides is 2. The molecule has 10 heteroatoms. The van der Waals surface area contributed by atoms with E-state index < -0.39 is 38.7 Å². The Morgan fingerprint density at radius 2 is 1.67 bits per heavy atom. The van der Waals surface area contributed by atoms with Gasteiger partial charge in [0, 0.05) is 24.9 Å². The van der Waals surface area contributed by atoms with Gasteiger partial charge in [-0.15, -0.1) is 0 Å². The Labute approximate surface area is 253 Å². The van der Waals surface area contributed by atoms with Crippen LogP contribution in [-0.2, 0) is 25.8 Å². The molecule has 2 amide bonds. The molecule has 1 saturated carbocycles. The molecule has 238 valence electrons. The zero-order valence-corrected chi connectivity index (χ0v) is 27.5. The molecule has 1 aliphatic heterocycles. The van der Waals surface area contributed by atoms with Gasteiger partial charge in [-0.25, -0.2) is 8.42 Å². The summed E-state index contributed by atoms with van der Waals surface area (Å²) in [5, 5.41) is 21.0. The van der Waals surface area contributed by atoms with Crippen molar-refractivity contribution in [3.8, 4) is 0 Å². The Morgan fingerprint density at radius 1 is 1.05 bits per heavy atom. The Balaban J connectivity index is 1.88. The van der Waals surface area contributed by atoms with Gasteiger partial charge in [0.25, 0.3) is 0 Å². The quantitative estimate of drug-likeness (QED) is 0.288. The SMILES string of the molecule is CCN[C@H](C(=O)NC(Cc1ccccc1)C(O)CN1C[C@H]2CCCC[C@H]2CC1C(=O)NC(C)(C)C)C(C)(C)S(C)(=O)=O. The molecule has 0 aromatic heterocycles. The molecule has 9 nitrogen and oxygen atoms in total. The highest BCUT2D eigenvalue weighted by atomic mass is 32.2. The van der Waals surface area contributed by atoms with Crippen LogP contribution in [0.25, 0.3) is 0 Å². The van der Waals surface area contributed by atoms with Crippen molar-refractivity contribution in [2.75, 3.05) is 25.9 Å². The fourth-order valence-electron chi connectivity index (χ4n) is 6.48. The summed E-state index contributed by atoms with van der Waals surface area (Å²) in [6, 6.07) is 7.58. The predicted molar refractivity (Wildman–Crippen MR) is 168 cm³/mol. The predicted octanol–water partition coefficient (Wildman–Crippen LogP) is 2.67. The topological polar surface area (TPSA) is 128 Å². The number of sulfone groups is 1. The summed E-state index contributed by atoms with van der Waals surface area (Å²) in [6.07, 6.45) is 5.92. The van der Waals surface area contributed by atoms with Crippen LogP contribution in [0.4, 0.5) is 0 Å². The maximum absolute atomic E-state index is 13.7. The van der Waals surface area contributed by atoms with Crippen LogP contribution in [-0.4, -0.2) is 90.6 Å². The standard InChI is InChI=1S/C32H54N4O5S/c1-8-33-28(32(5,6)42(7,40)41)30(39)34-25(18-22-14-10-9-11-15-22)27(37)21-36-20-24-17-13-12-16-23(24)19-26(36)29(38)35-31(2,3)4/h9-11,14-15,23-28,33,37H,8,12-13,16-21H2,1-7H3,(H,34,39)(H,35,38)/t23-,24+,25?,26?,27?,28+/m0/s1. The van der Waals surface area contributed by atoms with Crippen molar-refractivity contribution in [2.45, 2.75) is 115 Å². The Morgan fingerprint density at radius 3 is 2.24 bits per heavy atom. The van der Waals surface area contributed by atoms with Gasteiger partial charge in [-0.05, 0) is 77.8 Å². The molecular weight excluding hydrogens is 552 g/mol. The molecule has 1 aromatic carbocycles. The van der Waals surface area contributed by atoms with Crippen molar-refractivity contribution in [1.82, 2.24) is 20.9 Å². The fourth-order valence-corrected chi connectivity index (χ4v) is 7.10. The molecule has 0 spiro atoms. The highest BCUT2D eigenvalue weighted by Crippen LogP contribution is 2.39. The van der Waals surface area contributed by atoms with Crippen molar-refractivity contribution in [2.24, 2.45) is 11.8 Å². The van der Waals surface area contributed by atoms with Crippen molar-refractivity contribution in [3.05, 3.63) is 35.9 Å². The lowest BCUT2D eigenvalue weighted by Crippen LogP contribution is -2.63. The number of carbonyl (C=O) groups excluding carboxylic acids is 2. The molecule has 1 aromatic rings. The van der Waals surface area contributed by atoms with Gasteiger partial charge in [0.05, 0.1) is 22.9 Å². The monoisotopic (exact) mass is 606 g/mol. The van der Waals surface area contributed by atoms with Gasteiger partial charge in [0.1, 0.15) is 6.04 Å². The molecule has 4 N–H and O–H groups in total. The number of likely N-dealkylation sites (N-methyl/N-ethyl adjacent to an activating group) is 1. The van der Waals surface area contributed by atoms with E-state index in [-0.39, 0.29) is 24.0 Å². The zero-order valence-electron chi connectivity index (χ0n) is 26.7. The van der Waals surface area contributed by atoms with Crippen LogP contribution in [0.15, 0.2) is 30.3 Å². The van der Waals surface area contributed by atoms with E-state index in [0.717, 1.165) is 37.6 Å². The average molecular weight is 607 g/mol. The van der Waals surface area contributed by atoms with Crippen LogP contribution in [0.5, 0.6) is 0 Å². The maximum Gasteiger partial charge on any atom is 0.239 e. The first-order chi connectivity index (χ1) is 19.5. The smallest absolute Gasteiger partial charge is 0.239 e. The number of aliphatic hydroxyl groups is 1. The lowest BCUT2D eigenvalue weighted by Gasteiger charge is -2.47. The second-order valence-electron chi connectivity index (χ2n) is 14.0. The van der Waals surface area contributed by atoms with E-state index in [0.29, 0.717) is 24.8 Å². The molecule has 6 atom stereocenters. The van der Waals surface area contributed by atoms with Gasteiger partial charge in [-0.2, -0.15) is 0 Å². The van der Waals surface area contributed by atoms with Crippen molar-refractivity contribution >= 4 is 21.7 Å². The van der Waals surface area contributed by atoms with Gasteiger partial charge >= 0.3 is 0 Å². The van der Waals surface area contributed by atoms with Crippen LogP contribution >= 0.6 is 0 Å². The first kappa shape index (κ1) is 34.5. The number of benzene rings is 1. The number of fused-ring (bicyclic) bond motifs is 1. The normalized spacial score (nSPS) is 24.2. The molecule has 3 unspecified atom stereocenters. The highest BCUT2D eigenvalue weighted by Gasteiger charge is 2.45. The third-order valence-corrected chi connectivity index (χ3v) is 11.3. The number of β-amino-alcohol motifs (C(OH)–C–C–N with tert-alkyl or cyclic N) is 1. The summed E-state index contributed by atoms with van der Waals surface area (Å²) in [4.78, 5) is 29.3. The van der Waals surface area contributed by atoms with Crippen molar-refractivity contribution in [1.29, 1.82) is 0 Å². The van der Waals surface area contributed by atoms with E-state index in [2.05, 4.69) is 20.9 Å². The number of aliphatic hydroxyl groups excluding tert-OH is 1. The van der Waals surface area contributed by atoms with E-state index in [1.807, 2.05) is 58.0 Å². The van der Waals surface area contributed by atoms with Gasteiger partial charge in [-0.3, -0.25) is 14.5 Å². The number of rotatable bonds is 12. The van der Waals surface area contributed by atoms with Gasteiger partial charge in [-0.1, -0.05) is 56.5 Å². The lowest BCUT2D eigenvalue weighted by atomic mass is 9.72. The molecule has 2 fully saturated rings.